The molecule has 3 nitrogen and oxygen atoms in total. The van der Waals surface area contributed by atoms with Gasteiger partial charge in [0.2, 0.25) is 5.91 Å². The molecule has 0 bridgehead atoms. The maximum absolute atomic E-state index is 12.0. The third kappa shape index (κ3) is 4.52. The van der Waals surface area contributed by atoms with E-state index < -0.39 is 0 Å². The Morgan fingerprint density at radius 1 is 1.38 bits per heavy atom. The Morgan fingerprint density at radius 2 is 1.94 bits per heavy atom. The molecule has 3 atom stereocenters. The summed E-state index contributed by atoms with van der Waals surface area (Å²) in [6.45, 7) is 8.36. The summed E-state index contributed by atoms with van der Waals surface area (Å²) in [5.74, 6) is 1.63. The van der Waals surface area contributed by atoms with Crippen LogP contribution in [0.4, 0.5) is 0 Å². The summed E-state index contributed by atoms with van der Waals surface area (Å²) in [7, 11) is 0. The molecule has 1 amide bonds. The molecule has 1 fully saturated rings. The highest BCUT2D eigenvalue weighted by atomic mass is 16.2. The van der Waals surface area contributed by atoms with E-state index in [4.69, 9.17) is 5.73 Å². The lowest BCUT2D eigenvalue weighted by Gasteiger charge is -2.35. The van der Waals surface area contributed by atoms with E-state index in [1.54, 1.807) is 0 Å². The van der Waals surface area contributed by atoms with Gasteiger partial charge < -0.3 is 10.6 Å². The summed E-state index contributed by atoms with van der Waals surface area (Å²) >= 11 is 0. The minimum Gasteiger partial charge on any atom is -0.342 e. The van der Waals surface area contributed by atoms with E-state index in [2.05, 4.69) is 13.8 Å². The number of nitrogens with two attached hydrogens (primary N) is 1. The van der Waals surface area contributed by atoms with Gasteiger partial charge in [0.1, 0.15) is 0 Å². The predicted octanol–water partition coefficient (Wildman–Crippen LogP) is 2.01. The predicted molar refractivity (Wildman–Crippen MR) is 67.0 cm³/mol. The van der Waals surface area contributed by atoms with E-state index in [1.807, 2.05) is 11.8 Å². The van der Waals surface area contributed by atoms with Gasteiger partial charge in [-0.1, -0.05) is 13.8 Å². The molecule has 16 heavy (non-hydrogen) atoms. The van der Waals surface area contributed by atoms with Crippen LogP contribution in [0.2, 0.25) is 0 Å². The third-order valence-corrected chi connectivity index (χ3v) is 3.27. The largest absolute Gasteiger partial charge is 0.342 e. The number of nitrogens with zero attached hydrogens (tertiary/aromatic N) is 1. The summed E-state index contributed by atoms with van der Waals surface area (Å²) < 4.78 is 0. The first-order valence-corrected chi connectivity index (χ1v) is 6.52. The fourth-order valence-corrected chi connectivity index (χ4v) is 2.60. The number of rotatable bonds is 4. The van der Waals surface area contributed by atoms with E-state index >= 15 is 0 Å². The average molecular weight is 226 g/mol. The van der Waals surface area contributed by atoms with Crippen molar-refractivity contribution in [2.75, 3.05) is 13.1 Å². The molecular weight excluding hydrogens is 200 g/mol. The number of piperidine rings is 1. The minimum absolute atomic E-state index is 0.215. The Bertz CT molecular complexity index is 218. The van der Waals surface area contributed by atoms with Crippen LogP contribution in [0, 0.1) is 11.8 Å². The van der Waals surface area contributed by atoms with Gasteiger partial charge in [0.15, 0.2) is 0 Å². The summed E-state index contributed by atoms with van der Waals surface area (Å²) in [4.78, 5) is 14.0. The number of amides is 1. The molecule has 3 heteroatoms. The van der Waals surface area contributed by atoms with Gasteiger partial charge in [0.05, 0.1) is 0 Å². The highest BCUT2D eigenvalue weighted by Gasteiger charge is 2.24. The number of likely N-dealkylation sites (tertiary alicyclic amines) is 1. The van der Waals surface area contributed by atoms with Crippen molar-refractivity contribution in [2.24, 2.45) is 17.6 Å². The molecule has 1 saturated heterocycles. The molecule has 3 unspecified atom stereocenters. The summed E-state index contributed by atoms with van der Waals surface area (Å²) in [5.41, 5.74) is 5.68. The molecule has 0 aromatic heterocycles. The monoisotopic (exact) mass is 226 g/mol. The lowest BCUT2D eigenvalue weighted by molar-refractivity contribution is -0.134. The van der Waals surface area contributed by atoms with Gasteiger partial charge in [-0.2, -0.15) is 0 Å². The second-order valence-corrected chi connectivity index (χ2v) is 5.61. The van der Waals surface area contributed by atoms with Gasteiger partial charge in [-0.25, -0.2) is 0 Å². The second-order valence-electron chi connectivity index (χ2n) is 5.61. The first-order chi connectivity index (χ1) is 7.49. The molecular formula is C13H26N2O. The molecule has 0 aliphatic carbocycles. The van der Waals surface area contributed by atoms with Crippen LogP contribution in [0.5, 0.6) is 0 Å². The molecule has 0 spiro atoms. The SMILES string of the molecule is CC(N)CCCC(=O)N1CC(C)CC(C)C1. The second kappa shape index (κ2) is 6.24. The zero-order chi connectivity index (χ0) is 12.1. The third-order valence-electron chi connectivity index (χ3n) is 3.27. The molecule has 1 aliphatic heterocycles. The maximum Gasteiger partial charge on any atom is 0.222 e. The quantitative estimate of drug-likeness (QED) is 0.797. The fourth-order valence-electron chi connectivity index (χ4n) is 2.60. The fraction of sp³-hybridized carbons (Fsp3) is 0.923. The van der Waals surface area contributed by atoms with Gasteiger partial charge in [-0.15, -0.1) is 0 Å². The van der Waals surface area contributed by atoms with Crippen molar-refractivity contribution in [3.8, 4) is 0 Å². The van der Waals surface area contributed by atoms with Crippen LogP contribution in [-0.4, -0.2) is 29.9 Å². The smallest absolute Gasteiger partial charge is 0.222 e. The van der Waals surface area contributed by atoms with E-state index in [-0.39, 0.29) is 6.04 Å². The highest BCUT2D eigenvalue weighted by Crippen LogP contribution is 2.21. The van der Waals surface area contributed by atoms with Crippen LogP contribution in [0.3, 0.4) is 0 Å². The van der Waals surface area contributed by atoms with Crippen LogP contribution < -0.4 is 5.73 Å². The highest BCUT2D eigenvalue weighted by molar-refractivity contribution is 5.76. The van der Waals surface area contributed by atoms with Gasteiger partial charge in [0.25, 0.3) is 0 Å². The van der Waals surface area contributed by atoms with Crippen LogP contribution in [0.1, 0.15) is 46.5 Å². The normalized spacial score (nSPS) is 27.9. The van der Waals surface area contributed by atoms with Crippen LogP contribution in [0.25, 0.3) is 0 Å². The van der Waals surface area contributed by atoms with Crippen LogP contribution in [-0.2, 0) is 4.79 Å². The molecule has 1 rings (SSSR count). The number of carbonyl (C=O) groups is 1. The van der Waals surface area contributed by atoms with E-state index in [9.17, 15) is 4.79 Å². The zero-order valence-corrected chi connectivity index (χ0v) is 10.9. The van der Waals surface area contributed by atoms with Gasteiger partial charge in [-0.05, 0) is 38.0 Å². The Balaban J connectivity index is 2.30. The van der Waals surface area contributed by atoms with Crippen molar-refractivity contribution >= 4 is 5.91 Å². The molecule has 1 aliphatic rings. The average Bonchev–Trinajstić information content (AvgIpc) is 2.15. The van der Waals surface area contributed by atoms with Crippen molar-refractivity contribution in [2.45, 2.75) is 52.5 Å². The van der Waals surface area contributed by atoms with E-state index in [0.717, 1.165) is 25.9 Å². The minimum atomic E-state index is 0.215. The molecule has 0 aromatic rings. The number of hydrogen-bond acceptors (Lipinski definition) is 2. The van der Waals surface area contributed by atoms with Crippen molar-refractivity contribution in [1.82, 2.24) is 4.90 Å². The first kappa shape index (κ1) is 13.5. The molecule has 2 N–H and O–H groups in total. The van der Waals surface area contributed by atoms with Crippen molar-refractivity contribution < 1.29 is 4.79 Å². The van der Waals surface area contributed by atoms with Crippen molar-refractivity contribution in [3.05, 3.63) is 0 Å². The topological polar surface area (TPSA) is 46.3 Å². The van der Waals surface area contributed by atoms with Crippen LogP contribution >= 0.6 is 0 Å². The molecule has 0 saturated carbocycles. The number of carbonyl (C=O) groups excluding carboxylic acids is 1. The Morgan fingerprint density at radius 3 is 2.44 bits per heavy atom. The Kier molecular flexibility index (Phi) is 5.26. The van der Waals surface area contributed by atoms with Gasteiger partial charge >= 0.3 is 0 Å². The van der Waals surface area contributed by atoms with E-state index in [0.29, 0.717) is 24.2 Å². The molecule has 1 heterocycles. The Hall–Kier alpha value is -0.570. The number of hydrogen-bond donors (Lipinski definition) is 1. The Labute approximate surface area is 99.4 Å². The standard InChI is InChI=1S/C13H26N2O/c1-10-7-11(2)9-15(8-10)13(16)6-4-5-12(3)14/h10-12H,4-9,14H2,1-3H3. The molecule has 94 valence electrons. The van der Waals surface area contributed by atoms with Gasteiger partial charge in [-0.3, -0.25) is 4.79 Å². The summed E-state index contributed by atoms with van der Waals surface area (Å²) in [6.07, 6.45) is 3.80. The van der Waals surface area contributed by atoms with Gasteiger partial charge in [0, 0.05) is 25.6 Å². The lowest BCUT2D eigenvalue weighted by atomic mass is 9.91. The molecule has 0 aromatic carbocycles. The van der Waals surface area contributed by atoms with Crippen LogP contribution in [0.15, 0.2) is 0 Å². The molecule has 0 radical (unpaired) electrons. The summed E-state index contributed by atoms with van der Waals surface area (Å²) in [6, 6.07) is 0.215. The first-order valence-electron chi connectivity index (χ1n) is 6.52. The maximum atomic E-state index is 12.0. The summed E-state index contributed by atoms with van der Waals surface area (Å²) in [5, 5.41) is 0. The lowest BCUT2D eigenvalue weighted by Crippen LogP contribution is -2.42. The zero-order valence-electron chi connectivity index (χ0n) is 10.9. The van der Waals surface area contributed by atoms with Crippen molar-refractivity contribution in [3.63, 3.8) is 0 Å². The van der Waals surface area contributed by atoms with E-state index in [1.165, 1.54) is 6.42 Å². The van der Waals surface area contributed by atoms with Crippen molar-refractivity contribution in [1.29, 1.82) is 0 Å².